The number of benzene rings is 1. The predicted molar refractivity (Wildman–Crippen MR) is 73.7 cm³/mol. The number of hydrogen-bond donors (Lipinski definition) is 0. The third-order valence-electron chi connectivity index (χ3n) is 2.93. The highest BCUT2D eigenvalue weighted by molar-refractivity contribution is 9.09. The van der Waals surface area contributed by atoms with Crippen LogP contribution in [-0.4, -0.2) is 23.3 Å². The standard InChI is InChI=1S/C14H14BrF3O3/c1-9(12(11(19)7-15)14(16,17)18)13(20)21-8-10-5-3-2-4-6-10/h2-6,9,12H,7-8H2,1H3. The van der Waals surface area contributed by atoms with Crippen molar-refractivity contribution in [2.45, 2.75) is 19.7 Å². The highest BCUT2D eigenvalue weighted by Gasteiger charge is 2.50. The topological polar surface area (TPSA) is 43.4 Å². The number of carbonyl (C=O) groups is 2. The fourth-order valence-electron chi connectivity index (χ4n) is 1.82. The van der Waals surface area contributed by atoms with E-state index in [0.717, 1.165) is 6.92 Å². The van der Waals surface area contributed by atoms with Gasteiger partial charge in [0, 0.05) is 0 Å². The minimum absolute atomic E-state index is 0.128. The molecule has 3 nitrogen and oxygen atoms in total. The van der Waals surface area contributed by atoms with Gasteiger partial charge in [-0.1, -0.05) is 53.2 Å². The summed E-state index contributed by atoms with van der Waals surface area (Å²) in [5.41, 5.74) is 0.661. The number of ether oxygens (including phenoxy) is 1. The summed E-state index contributed by atoms with van der Waals surface area (Å²) in [6.07, 6.45) is -4.78. The maximum atomic E-state index is 12.9. The van der Waals surface area contributed by atoms with E-state index in [1.165, 1.54) is 0 Å². The molecule has 0 heterocycles. The smallest absolute Gasteiger partial charge is 0.399 e. The summed E-state index contributed by atoms with van der Waals surface area (Å²) in [6.45, 7) is 0.920. The molecule has 116 valence electrons. The molecule has 0 spiro atoms. The van der Waals surface area contributed by atoms with Gasteiger partial charge in [-0.05, 0) is 5.56 Å². The quantitative estimate of drug-likeness (QED) is 0.571. The maximum absolute atomic E-state index is 12.9. The molecule has 0 fully saturated rings. The first-order valence-electron chi connectivity index (χ1n) is 6.13. The third-order valence-corrected chi connectivity index (χ3v) is 3.48. The van der Waals surface area contributed by atoms with E-state index >= 15 is 0 Å². The van der Waals surface area contributed by atoms with E-state index < -0.39 is 35.1 Å². The summed E-state index contributed by atoms with van der Waals surface area (Å²) >= 11 is 2.70. The summed E-state index contributed by atoms with van der Waals surface area (Å²) in [5, 5.41) is -0.465. The van der Waals surface area contributed by atoms with E-state index in [1.807, 2.05) is 0 Å². The maximum Gasteiger partial charge on any atom is 0.399 e. The second kappa shape index (κ2) is 7.59. The van der Waals surface area contributed by atoms with Crippen molar-refractivity contribution >= 4 is 27.7 Å². The SMILES string of the molecule is CC(C(=O)OCc1ccccc1)C(C(=O)CBr)C(F)(F)F. The van der Waals surface area contributed by atoms with Gasteiger partial charge in [-0.15, -0.1) is 0 Å². The lowest BCUT2D eigenvalue weighted by Crippen LogP contribution is -2.40. The van der Waals surface area contributed by atoms with Crippen LogP contribution < -0.4 is 0 Å². The van der Waals surface area contributed by atoms with E-state index in [1.54, 1.807) is 30.3 Å². The Kier molecular flexibility index (Phi) is 6.39. The Balaban J connectivity index is 2.73. The van der Waals surface area contributed by atoms with Gasteiger partial charge in [0.25, 0.3) is 0 Å². The van der Waals surface area contributed by atoms with Crippen molar-refractivity contribution in [1.29, 1.82) is 0 Å². The highest BCUT2D eigenvalue weighted by atomic mass is 79.9. The molecule has 0 N–H and O–H groups in total. The molecule has 2 unspecified atom stereocenters. The Hall–Kier alpha value is -1.37. The van der Waals surface area contributed by atoms with Crippen LogP contribution in [0.3, 0.4) is 0 Å². The molecule has 21 heavy (non-hydrogen) atoms. The molecule has 0 radical (unpaired) electrons. The molecular formula is C14H14BrF3O3. The van der Waals surface area contributed by atoms with Crippen molar-refractivity contribution in [2.24, 2.45) is 11.8 Å². The van der Waals surface area contributed by atoms with E-state index in [4.69, 9.17) is 4.74 Å². The van der Waals surface area contributed by atoms with Crippen molar-refractivity contribution in [3.8, 4) is 0 Å². The Labute approximate surface area is 128 Å². The molecule has 7 heteroatoms. The zero-order chi connectivity index (χ0) is 16.0. The third kappa shape index (κ3) is 5.15. The Morgan fingerprint density at radius 2 is 1.81 bits per heavy atom. The van der Waals surface area contributed by atoms with Crippen molar-refractivity contribution in [3.05, 3.63) is 35.9 Å². The largest absolute Gasteiger partial charge is 0.461 e. The first-order chi connectivity index (χ1) is 9.77. The zero-order valence-corrected chi connectivity index (χ0v) is 12.8. The van der Waals surface area contributed by atoms with Crippen molar-refractivity contribution in [1.82, 2.24) is 0 Å². The minimum Gasteiger partial charge on any atom is -0.461 e. The number of rotatable bonds is 6. The van der Waals surface area contributed by atoms with Gasteiger partial charge in [0.2, 0.25) is 0 Å². The van der Waals surface area contributed by atoms with E-state index in [0.29, 0.717) is 5.56 Å². The zero-order valence-electron chi connectivity index (χ0n) is 11.2. The summed E-state index contributed by atoms with van der Waals surface area (Å²) in [7, 11) is 0. The fraction of sp³-hybridized carbons (Fsp3) is 0.429. The molecular weight excluding hydrogens is 353 g/mol. The van der Waals surface area contributed by atoms with Crippen molar-refractivity contribution in [2.75, 3.05) is 5.33 Å². The fourth-order valence-corrected chi connectivity index (χ4v) is 2.17. The van der Waals surface area contributed by atoms with Crippen LogP contribution in [0.2, 0.25) is 0 Å². The summed E-state index contributed by atoms with van der Waals surface area (Å²) in [5.74, 6) is -6.08. The molecule has 0 saturated carbocycles. The van der Waals surface area contributed by atoms with Crippen molar-refractivity contribution < 1.29 is 27.5 Å². The summed E-state index contributed by atoms with van der Waals surface area (Å²) < 4.78 is 43.5. The molecule has 1 aromatic carbocycles. The molecule has 0 amide bonds. The lowest BCUT2D eigenvalue weighted by Gasteiger charge is -2.23. The molecule has 0 aliphatic rings. The van der Waals surface area contributed by atoms with Gasteiger partial charge in [0.1, 0.15) is 12.5 Å². The molecule has 1 aromatic rings. The lowest BCUT2D eigenvalue weighted by atomic mass is 9.90. The number of Topliss-reactive ketones (excluding diaryl/α,β-unsaturated/α-hetero) is 1. The average molecular weight is 367 g/mol. The number of carbonyl (C=O) groups excluding carboxylic acids is 2. The van der Waals surface area contributed by atoms with Crippen molar-refractivity contribution in [3.63, 3.8) is 0 Å². The van der Waals surface area contributed by atoms with Crippen LogP contribution >= 0.6 is 15.9 Å². The number of ketones is 1. The Bertz CT molecular complexity index is 488. The Morgan fingerprint density at radius 1 is 1.24 bits per heavy atom. The van der Waals surface area contributed by atoms with Crippen LogP contribution in [0.25, 0.3) is 0 Å². The van der Waals surface area contributed by atoms with Crippen LogP contribution in [0.15, 0.2) is 30.3 Å². The number of esters is 1. The second-order valence-corrected chi connectivity index (χ2v) is 5.06. The molecule has 0 bridgehead atoms. The number of alkyl halides is 4. The van der Waals surface area contributed by atoms with Crippen LogP contribution in [0.4, 0.5) is 13.2 Å². The monoisotopic (exact) mass is 366 g/mol. The average Bonchev–Trinajstić information content (AvgIpc) is 2.44. The number of hydrogen-bond acceptors (Lipinski definition) is 3. The summed E-state index contributed by atoms with van der Waals surface area (Å²) in [6, 6.07) is 8.58. The molecule has 2 atom stereocenters. The molecule has 1 rings (SSSR count). The van der Waals surface area contributed by atoms with Crippen LogP contribution in [-0.2, 0) is 20.9 Å². The van der Waals surface area contributed by atoms with Gasteiger partial charge in [-0.3, -0.25) is 9.59 Å². The summed E-state index contributed by atoms with van der Waals surface area (Å²) in [4.78, 5) is 23.1. The normalized spacial score (nSPS) is 14.3. The molecule has 0 aromatic heterocycles. The van der Waals surface area contributed by atoms with Gasteiger partial charge in [-0.2, -0.15) is 13.2 Å². The van der Waals surface area contributed by atoms with Gasteiger partial charge in [0.15, 0.2) is 5.78 Å². The second-order valence-electron chi connectivity index (χ2n) is 4.50. The van der Waals surface area contributed by atoms with Crippen LogP contribution in [0.5, 0.6) is 0 Å². The first kappa shape index (κ1) is 17.7. The molecule has 0 aliphatic heterocycles. The van der Waals surface area contributed by atoms with Gasteiger partial charge in [0.05, 0.1) is 11.2 Å². The predicted octanol–water partition coefficient (Wildman–Crippen LogP) is 3.51. The number of halogens is 4. The lowest BCUT2D eigenvalue weighted by molar-refractivity contribution is -0.197. The molecule has 0 aliphatic carbocycles. The Morgan fingerprint density at radius 3 is 2.29 bits per heavy atom. The van der Waals surface area contributed by atoms with Crippen LogP contribution in [0.1, 0.15) is 12.5 Å². The van der Waals surface area contributed by atoms with E-state index in [9.17, 15) is 22.8 Å². The molecule has 0 saturated heterocycles. The van der Waals surface area contributed by atoms with E-state index in [-0.39, 0.29) is 6.61 Å². The van der Waals surface area contributed by atoms with Gasteiger partial charge in [-0.25, -0.2) is 0 Å². The van der Waals surface area contributed by atoms with E-state index in [2.05, 4.69) is 15.9 Å². The highest BCUT2D eigenvalue weighted by Crippen LogP contribution is 2.34. The van der Waals surface area contributed by atoms with Gasteiger partial charge < -0.3 is 4.74 Å². The first-order valence-corrected chi connectivity index (χ1v) is 7.25. The van der Waals surface area contributed by atoms with Gasteiger partial charge >= 0.3 is 12.1 Å². The minimum atomic E-state index is -4.78. The van der Waals surface area contributed by atoms with Crippen LogP contribution in [0, 0.1) is 11.8 Å².